The molecule has 1 aromatic heterocycles. The Hall–Kier alpha value is -4.19. The molecule has 1 amide bonds. The molecule has 0 saturated carbocycles. The first kappa shape index (κ1) is 20.1. The van der Waals surface area contributed by atoms with Gasteiger partial charge in [-0.1, -0.05) is 48.5 Å². The highest BCUT2D eigenvalue weighted by molar-refractivity contribution is 6.06. The summed E-state index contributed by atoms with van der Waals surface area (Å²) in [6.07, 6.45) is 0. The van der Waals surface area contributed by atoms with Crippen LogP contribution in [0.4, 0.5) is 17.2 Å². The van der Waals surface area contributed by atoms with Gasteiger partial charge in [0.1, 0.15) is 17.4 Å². The molecule has 31 heavy (non-hydrogen) atoms. The molecule has 0 saturated heterocycles. The smallest absolute Gasteiger partial charge is 0.259 e. The topological polar surface area (TPSA) is 76.1 Å². The minimum Gasteiger partial charge on any atom is -0.496 e. The van der Waals surface area contributed by atoms with Gasteiger partial charge in [-0.3, -0.25) is 4.79 Å². The van der Waals surface area contributed by atoms with Crippen molar-refractivity contribution in [2.75, 3.05) is 17.7 Å². The van der Waals surface area contributed by atoms with Gasteiger partial charge in [0, 0.05) is 23.0 Å². The lowest BCUT2D eigenvalue weighted by Gasteiger charge is -2.12. The van der Waals surface area contributed by atoms with Crippen molar-refractivity contribution in [2.24, 2.45) is 0 Å². The fourth-order valence-corrected chi connectivity index (χ4v) is 3.24. The van der Waals surface area contributed by atoms with E-state index in [0.717, 1.165) is 16.9 Å². The molecule has 1 heterocycles. The van der Waals surface area contributed by atoms with Gasteiger partial charge in [0.25, 0.3) is 5.91 Å². The highest BCUT2D eigenvalue weighted by Crippen LogP contribution is 2.24. The van der Waals surface area contributed by atoms with Crippen molar-refractivity contribution >= 4 is 23.1 Å². The zero-order valence-electron chi connectivity index (χ0n) is 17.3. The minimum absolute atomic E-state index is 0.237. The van der Waals surface area contributed by atoms with Gasteiger partial charge in [0.2, 0.25) is 0 Å². The van der Waals surface area contributed by atoms with Crippen molar-refractivity contribution in [3.8, 4) is 17.0 Å². The molecule has 3 aromatic carbocycles. The number of anilines is 3. The lowest BCUT2D eigenvalue weighted by Crippen LogP contribution is -2.13. The van der Waals surface area contributed by atoms with Crippen LogP contribution >= 0.6 is 0 Å². The van der Waals surface area contributed by atoms with E-state index in [-0.39, 0.29) is 5.91 Å². The van der Waals surface area contributed by atoms with Gasteiger partial charge in [0.05, 0.1) is 18.4 Å². The lowest BCUT2D eigenvalue weighted by molar-refractivity contribution is 0.102. The first-order valence-electron chi connectivity index (χ1n) is 9.85. The first-order valence-corrected chi connectivity index (χ1v) is 9.85. The summed E-state index contributed by atoms with van der Waals surface area (Å²) in [5.74, 6) is 1.64. The monoisotopic (exact) mass is 410 g/mol. The number of hydrogen-bond acceptors (Lipinski definition) is 5. The molecule has 6 nitrogen and oxygen atoms in total. The summed E-state index contributed by atoms with van der Waals surface area (Å²) in [4.78, 5) is 21.7. The van der Waals surface area contributed by atoms with Gasteiger partial charge in [-0.25, -0.2) is 9.97 Å². The molecule has 0 atom stereocenters. The van der Waals surface area contributed by atoms with Gasteiger partial charge < -0.3 is 15.4 Å². The van der Waals surface area contributed by atoms with Crippen LogP contribution in [0.2, 0.25) is 0 Å². The molecule has 0 aliphatic carbocycles. The molecule has 0 radical (unpaired) electrons. The highest BCUT2D eigenvalue weighted by Gasteiger charge is 2.12. The predicted octanol–water partition coefficient (Wildman–Crippen LogP) is 5.46. The number of methoxy groups -OCH3 is 1. The molecule has 4 rings (SSSR count). The Balaban J connectivity index is 1.54. The molecule has 0 aliphatic heterocycles. The third-order valence-corrected chi connectivity index (χ3v) is 4.65. The van der Waals surface area contributed by atoms with E-state index in [1.165, 1.54) is 0 Å². The standard InChI is InChI=1S/C25H22N4O2/c1-17-26-22(18-9-4-3-5-10-18)16-24(27-17)28-19-11-8-12-20(15-19)29-25(30)21-13-6-7-14-23(21)31-2/h3-16H,1-2H3,(H,29,30)(H,26,27,28). The Labute approximate surface area is 181 Å². The number of ether oxygens (including phenoxy) is 1. The molecule has 4 aromatic rings. The third-order valence-electron chi connectivity index (χ3n) is 4.65. The zero-order valence-corrected chi connectivity index (χ0v) is 17.3. The fourth-order valence-electron chi connectivity index (χ4n) is 3.24. The Morgan fingerprint density at radius 2 is 1.58 bits per heavy atom. The second-order valence-electron chi connectivity index (χ2n) is 6.91. The summed E-state index contributed by atoms with van der Waals surface area (Å²) in [6.45, 7) is 1.86. The second kappa shape index (κ2) is 9.09. The molecule has 154 valence electrons. The van der Waals surface area contributed by atoms with E-state index in [9.17, 15) is 4.79 Å². The number of benzene rings is 3. The van der Waals surface area contributed by atoms with E-state index in [0.29, 0.717) is 28.6 Å². The molecular weight excluding hydrogens is 388 g/mol. The van der Waals surface area contributed by atoms with Crippen LogP contribution < -0.4 is 15.4 Å². The highest BCUT2D eigenvalue weighted by atomic mass is 16.5. The quantitative estimate of drug-likeness (QED) is 0.442. The van der Waals surface area contributed by atoms with E-state index in [4.69, 9.17) is 4.74 Å². The molecule has 0 spiro atoms. The molecule has 2 N–H and O–H groups in total. The molecule has 0 fully saturated rings. The number of amides is 1. The van der Waals surface area contributed by atoms with Crippen molar-refractivity contribution in [1.82, 2.24) is 9.97 Å². The number of hydrogen-bond donors (Lipinski definition) is 2. The van der Waals surface area contributed by atoms with Gasteiger partial charge in [-0.2, -0.15) is 0 Å². The SMILES string of the molecule is COc1ccccc1C(=O)Nc1cccc(Nc2cc(-c3ccccc3)nc(C)n2)c1. The van der Waals surface area contributed by atoms with Crippen molar-refractivity contribution in [1.29, 1.82) is 0 Å². The number of carbonyl (C=O) groups is 1. The maximum atomic E-state index is 12.7. The molecule has 0 unspecified atom stereocenters. The number of nitrogens with zero attached hydrogens (tertiary/aromatic N) is 2. The lowest BCUT2D eigenvalue weighted by atomic mass is 10.1. The van der Waals surface area contributed by atoms with Crippen LogP contribution in [0.3, 0.4) is 0 Å². The Bertz CT molecular complexity index is 1210. The van der Waals surface area contributed by atoms with Gasteiger partial charge >= 0.3 is 0 Å². The molecule has 0 aliphatic rings. The van der Waals surface area contributed by atoms with Crippen LogP contribution in [0.15, 0.2) is 84.9 Å². The second-order valence-corrected chi connectivity index (χ2v) is 6.91. The summed E-state index contributed by atoms with van der Waals surface area (Å²) >= 11 is 0. The van der Waals surface area contributed by atoms with Crippen molar-refractivity contribution < 1.29 is 9.53 Å². The summed E-state index contributed by atoms with van der Waals surface area (Å²) in [6, 6.07) is 26.5. The Morgan fingerprint density at radius 3 is 2.39 bits per heavy atom. The average molecular weight is 410 g/mol. The van der Waals surface area contributed by atoms with E-state index in [1.807, 2.05) is 73.7 Å². The summed E-state index contributed by atoms with van der Waals surface area (Å²) in [7, 11) is 1.55. The average Bonchev–Trinajstić information content (AvgIpc) is 2.79. The summed E-state index contributed by atoms with van der Waals surface area (Å²) < 4.78 is 5.28. The molecular formula is C25H22N4O2. The number of para-hydroxylation sites is 1. The maximum absolute atomic E-state index is 12.7. The van der Waals surface area contributed by atoms with E-state index in [2.05, 4.69) is 20.6 Å². The van der Waals surface area contributed by atoms with Crippen LogP contribution in [-0.4, -0.2) is 23.0 Å². The fraction of sp³-hybridized carbons (Fsp3) is 0.0800. The molecule has 0 bridgehead atoms. The third kappa shape index (κ3) is 4.87. The van der Waals surface area contributed by atoms with Crippen LogP contribution in [0.25, 0.3) is 11.3 Å². The number of aryl methyl sites for hydroxylation is 1. The zero-order chi connectivity index (χ0) is 21.6. The largest absolute Gasteiger partial charge is 0.496 e. The molecule has 6 heteroatoms. The van der Waals surface area contributed by atoms with E-state index >= 15 is 0 Å². The van der Waals surface area contributed by atoms with Gasteiger partial charge in [-0.05, 0) is 37.3 Å². The Kier molecular flexibility index (Phi) is 5.89. The normalized spacial score (nSPS) is 10.4. The number of rotatable bonds is 6. The van der Waals surface area contributed by atoms with Crippen molar-refractivity contribution in [3.63, 3.8) is 0 Å². The van der Waals surface area contributed by atoms with E-state index < -0.39 is 0 Å². The van der Waals surface area contributed by atoms with Crippen LogP contribution in [0.1, 0.15) is 16.2 Å². The predicted molar refractivity (Wildman–Crippen MR) is 123 cm³/mol. The minimum atomic E-state index is -0.237. The number of carbonyl (C=O) groups excluding carboxylic acids is 1. The Morgan fingerprint density at radius 1 is 0.839 bits per heavy atom. The van der Waals surface area contributed by atoms with Gasteiger partial charge in [-0.15, -0.1) is 0 Å². The van der Waals surface area contributed by atoms with Gasteiger partial charge in [0.15, 0.2) is 0 Å². The number of aromatic nitrogens is 2. The first-order chi connectivity index (χ1) is 15.1. The van der Waals surface area contributed by atoms with E-state index in [1.54, 1.807) is 25.3 Å². The summed E-state index contributed by atoms with van der Waals surface area (Å²) in [5, 5.41) is 6.22. The van der Waals surface area contributed by atoms with Crippen molar-refractivity contribution in [3.05, 3.63) is 96.3 Å². The maximum Gasteiger partial charge on any atom is 0.259 e. The number of nitrogens with one attached hydrogen (secondary N) is 2. The van der Waals surface area contributed by atoms with Crippen LogP contribution in [0, 0.1) is 6.92 Å². The summed E-state index contributed by atoms with van der Waals surface area (Å²) in [5.41, 5.74) is 3.80. The van der Waals surface area contributed by atoms with Crippen LogP contribution in [-0.2, 0) is 0 Å². The van der Waals surface area contributed by atoms with Crippen molar-refractivity contribution in [2.45, 2.75) is 6.92 Å². The van der Waals surface area contributed by atoms with Crippen LogP contribution in [0.5, 0.6) is 5.75 Å².